The van der Waals surface area contributed by atoms with Crippen molar-refractivity contribution in [1.29, 1.82) is 0 Å². The standard InChI is InChI=1S/C32H41N7O8S/c1-5-6-11-46-31(43)39-18-32(14-22(39)15-34-30-36-24-9-7-8-10-25(24)37-30)23(16-35-47-32)28(40)33-17-26(29(41)42)38-48(44,45)27-20(3)12-19(2)13-21(27)4/h7-10,12-13,16,22-23,26,38H,5-6,11,14-15,17-18H2,1-4H3,(H,33,40)(H,41,42)(H2,34,36,37)/t22-,23?,26-,32+/m0/s1. The lowest BCUT2D eigenvalue weighted by Crippen LogP contribution is -2.53. The Morgan fingerprint density at radius 3 is 2.60 bits per heavy atom. The van der Waals surface area contributed by atoms with Gasteiger partial charge in [-0.25, -0.2) is 18.2 Å². The Balaban J connectivity index is 1.29. The van der Waals surface area contributed by atoms with E-state index in [4.69, 9.17) is 9.57 Å². The first-order valence-electron chi connectivity index (χ1n) is 15.8. The van der Waals surface area contributed by atoms with Gasteiger partial charge in [0, 0.05) is 19.5 Å². The molecule has 2 aliphatic heterocycles. The van der Waals surface area contributed by atoms with Gasteiger partial charge in [-0.05, 0) is 50.5 Å². The number of sulfonamides is 1. The molecule has 0 saturated carbocycles. The molecular weight excluding hydrogens is 642 g/mol. The van der Waals surface area contributed by atoms with Crippen LogP contribution in [0.15, 0.2) is 46.4 Å². The van der Waals surface area contributed by atoms with Crippen LogP contribution in [0.25, 0.3) is 11.0 Å². The van der Waals surface area contributed by atoms with Crippen LogP contribution in [-0.2, 0) is 29.2 Å². The molecule has 258 valence electrons. The second kappa shape index (κ2) is 14.2. The van der Waals surface area contributed by atoms with Gasteiger partial charge in [-0.1, -0.05) is 48.3 Å². The number of carboxylic acid groups (broad SMARTS) is 1. The van der Waals surface area contributed by atoms with Gasteiger partial charge in [0.15, 0.2) is 5.60 Å². The molecule has 3 heterocycles. The third-order valence-corrected chi connectivity index (χ3v) is 10.3. The van der Waals surface area contributed by atoms with Crippen LogP contribution in [-0.4, -0.2) is 96.5 Å². The van der Waals surface area contributed by atoms with E-state index >= 15 is 0 Å². The van der Waals surface area contributed by atoms with Crippen molar-refractivity contribution in [3.8, 4) is 0 Å². The third-order valence-electron chi connectivity index (χ3n) is 8.56. The second-order valence-corrected chi connectivity index (χ2v) is 14.0. The quantitative estimate of drug-likeness (QED) is 0.167. The summed E-state index contributed by atoms with van der Waals surface area (Å²) in [4.78, 5) is 53.9. The largest absolute Gasteiger partial charge is 0.480 e. The smallest absolute Gasteiger partial charge is 0.410 e. The van der Waals surface area contributed by atoms with E-state index in [-0.39, 0.29) is 31.0 Å². The Morgan fingerprint density at radius 1 is 1.19 bits per heavy atom. The zero-order chi connectivity index (χ0) is 34.6. The van der Waals surface area contributed by atoms with Gasteiger partial charge in [-0.15, -0.1) is 0 Å². The van der Waals surface area contributed by atoms with Gasteiger partial charge >= 0.3 is 12.1 Å². The molecule has 0 radical (unpaired) electrons. The molecule has 1 unspecified atom stereocenters. The predicted octanol–water partition coefficient (Wildman–Crippen LogP) is 2.83. The molecule has 1 saturated heterocycles. The Labute approximate surface area is 278 Å². The number of fused-ring (bicyclic) bond motifs is 1. The molecule has 5 N–H and O–H groups in total. The van der Waals surface area contributed by atoms with Crippen LogP contribution in [0.4, 0.5) is 10.7 Å². The number of anilines is 1. The predicted molar refractivity (Wildman–Crippen MR) is 177 cm³/mol. The van der Waals surface area contributed by atoms with Gasteiger partial charge in [-0.3, -0.25) is 14.5 Å². The van der Waals surface area contributed by atoms with Crippen LogP contribution in [0.5, 0.6) is 0 Å². The van der Waals surface area contributed by atoms with Crippen LogP contribution in [0.3, 0.4) is 0 Å². The summed E-state index contributed by atoms with van der Waals surface area (Å²) < 4.78 is 34.3. The minimum atomic E-state index is -4.25. The Bertz CT molecular complexity index is 1770. The number of rotatable bonds is 13. The van der Waals surface area contributed by atoms with Crippen molar-refractivity contribution in [3.63, 3.8) is 0 Å². The zero-order valence-corrected chi connectivity index (χ0v) is 28.1. The first-order chi connectivity index (χ1) is 22.8. The van der Waals surface area contributed by atoms with Crippen molar-refractivity contribution in [2.45, 2.75) is 69.5 Å². The van der Waals surface area contributed by atoms with E-state index in [9.17, 15) is 27.9 Å². The van der Waals surface area contributed by atoms with Crippen molar-refractivity contribution in [2.75, 3.05) is 31.6 Å². The minimum absolute atomic E-state index is 0.0138. The third kappa shape index (κ3) is 7.39. The van der Waals surface area contributed by atoms with Crippen molar-refractivity contribution >= 4 is 51.2 Å². The van der Waals surface area contributed by atoms with Crippen LogP contribution in [0.1, 0.15) is 42.9 Å². The molecule has 5 rings (SSSR count). The maximum Gasteiger partial charge on any atom is 0.410 e. The highest BCUT2D eigenvalue weighted by Gasteiger charge is 2.57. The number of oxime groups is 1. The molecule has 4 atom stereocenters. The van der Waals surface area contributed by atoms with Gasteiger partial charge < -0.3 is 30.3 Å². The highest BCUT2D eigenvalue weighted by atomic mass is 32.2. The molecule has 2 amide bonds. The number of ether oxygens (including phenoxy) is 1. The maximum atomic E-state index is 13.6. The summed E-state index contributed by atoms with van der Waals surface area (Å²) in [7, 11) is -4.25. The van der Waals surface area contributed by atoms with Crippen molar-refractivity contribution in [1.82, 2.24) is 24.9 Å². The lowest BCUT2D eigenvalue weighted by molar-refractivity contribution is -0.139. The summed E-state index contributed by atoms with van der Waals surface area (Å²) in [5, 5.41) is 19.6. The van der Waals surface area contributed by atoms with Crippen LogP contribution in [0.2, 0.25) is 0 Å². The number of aromatic nitrogens is 2. The van der Waals surface area contributed by atoms with Crippen LogP contribution >= 0.6 is 0 Å². The van der Waals surface area contributed by atoms with E-state index in [0.717, 1.165) is 23.0 Å². The van der Waals surface area contributed by atoms with Gasteiger partial charge in [0.2, 0.25) is 21.9 Å². The first-order valence-corrected chi connectivity index (χ1v) is 17.3. The molecular formula is C32H41N7O8S. The molecule has 0 bridgehead atoms. The first kappa shape index (κ1) is 34.6. The molecule has 3 aromatic rings. The minimum Gasteiger partial charge on any atom is -0.480 e. The average molecular weight is 684 g/mol. The van der Waals surface area contributed by atoms with Gasteiger partial charge in [0.05, 0.1) is 41.3 Å². The molecule has 1 spiro atoms. The number of aromatic amines is 1. The van der Waals surface area contributed by atoms with Gasteiger partial charge in [0.25, 0.3) is 0 Å². The highest BCUT2D eigenvalue weighted by Crippen LogP contribution is 2.40. The summed E-state index contributed by atoms with van der Waals surface area (Å²) in [6.07, 6.45) is 2.47. The lowest BCUT2D eigenvalue weighted by atomic mass is 9.85. The summed E-state index contributed by atoms with van der Waals surface area (Å²) in [5.41, 5.74) is 2.16. The molecule has 2 aliphatic rings. The number of amides is 2. The fourth-order valence-corrected chi connectivity index (χ4v) is 7.98. The number of hydrogen-bond donors (Lipinski definition) is 5. The molecule has 15 nitrogen and oxygen atoms in total. The fourth-order valence-electron chi connectivity index (χ4n) is 6.34. The second-order valence-electron chi connectivity index (χ2n) is 12.3. The molecule has 0 aliphatic carbocycles. The van der Waals surface area contributed by atoms with E-state index < -0.39 is 58.1 Å². The normalized spacial score (nSPS) is 21.0. The van der Waals surface area contributed by atoms with Crippen molar-refractivity contribution in [2.24, 2.45) is 11.1 Å². The van der Waals surface area contributed by atoms with Crippen LogP contribution in [0, 0.1) is 26.7 Å². The summed E-state index contributed by atoms with van der Waals surface area (Å²) in [6, 6.07) is 8.78. The number of aryl methyl sites for hydroxylation is 3. The number of H-pyrrole nitrogens is 1. The SMILES string of the molecule is CCCCOC(=O)N1C[C@@]2(C[C@H]1CNc1nc3ccccc3[nH]1)ON=CC2C(=O)NC[C@H](NS(=O)(=O)c1c(C)cc(C)cc1C)C(=O)O. The van der Waals surface area contributed by atoms with E-state index in [1.165, 1.54) is 11.1 Å². The average Bonchev–Trinajstić information content (AvgIpc) is 3.73. The molecule has 48 heavy (non-hydrogen) atoms. The number of aliphatic carboxylic acids is 1. The summed E-state index contributed by atoms with van der Waals surface area (Å²) >= 11 is 0. The van der Waals surface area contributed by atoms with Gasteiger partial charge in [-0.2, -0.15) is 4.72 Å². The fraction of sp³-hybridized carbons (Fsp3) is 0.469. The number of carboxylic acids is 1. The number of unbranched alkanes of at least 4 members (excludes halogenated alkanes) is 1. The summed E-state index contributed by atoms with van der Waals surface area (Å²) in [5.74, 6) is -2.60. The topological polar surface area (TPSA) is 204 Å². The van der Waals surface area contributed by atoms with E-state index in [2.05, 4.69) is 30.5 Å². The monoisotopic (exact) mass is 683 g/mol. The van der Waals surface area contributed by atoms with E-state index in [1.54, 1.807) is 26.0 Å². The summed E-state index contributed by atoms with van der Waals surface area (Å²) in [6.45, 7) is 7.00. The van der Waals surface area contributed by atoms with E-state index in [0.29, 0.717) is 23.5 Å². The number of carbonyl (C=O) groups is 3. The van der Waals surface area contributed by atoms with Crippen molar-refractivity contribution in [3.05, 3.63) is 53.1 Å². The number of carbonyl (C=O) groups excluding carboxylic acids is 2. The Kier molecular flexibility index (Phi) is 10.2. The van der Waals surface area contributed by atoms with Gasteiger partial charge in [0.1, 0.15) is 12.0 Å². The van der Waals surface area contributed by atoms with E-state index in [1.807, 2.05) is 38.1 Å². The zero-order valence-electron chi connectivity index (χ0n) is 27.3. The number of nitrogens with zero attached hydrogens (tertiary/aromatic N) is 3. The molecule has 1 fully saturated rings. The number of nitrogens with one attached hydrogen (secondary N) is 4. The molecule has 2 aromatic carbocycles. The van der Waals surface area contributed by atoms with Crippen molar-refractivity contribution < 1.29 is 37.5 Å². The molecule has 16 heteroatoms. The Hall–Kier alpha value is -4.70. The number of imidazole rings is 1. The number of likely N-dealkylation sites (tertiary alicyclic amines) is 1. The van der Waals surface area contributed by atoms with Crippen LogP contribution < -0.4 is 15.4 Å². The number of hydrogen-bond acceptors (Lipinski definition) is 10. The Morgan fingerprint density at radius 2 is 1.92 bits per heavy atom. The number of benzene rings is 2. The lowest BCUT2D eigenvalue weighted by Gasteiger charge is -2.27. The highest BCUT2D eigenvalue weighted by molar-refractivity contribution is 7.89. The number of para-hydroxylation sites is 2. The molecule has 1 aromatic heterocycles. The maximum absolute atomic E-state index is 13.6.